The molecule has 0 aliphatic heterocycles. The molecule has 0 spiro atoms. The Morgan fingerprint density at radius 3 is 2.60 bits per heavy atom. The van der Waals surface area contributed by atoms with Gasteiger partial charge in [-0.25, -0.2) is 4.39 Å². The minimum atomic E-state index is -0.415. The maximum absolute atomic E-state index is 12.2. The number of nitrogens with zero attached hydrogens (tertiary/aromatic N) is 1. The number of hydrogen-bond acceptors (Lipinski definition) is 2. The minimum absolute atomic E-state index is 0. The quantitative estimate of drug-likeness (QED) is 0.674. The smallest absolute Gasteiger partial charge is 0.141 e. The molecule has 1 rings (SSSR count). The Morgan fingerprint density at radius 2 is 2.20 bits per heavy atom. The van der Waals surface area contributed by atoms with Crippen LogP contribution >= 0.6 is 12.4 Å². The average Bonchev–Trinajstić information content (AvgIpc) is 1.88. The van der Waals surface area contributed by atoms with Gasteiger partial charge in [-0.05, 0) is 11.6 Å². The van der Waals surface area contributed by atoms with Gasteiger partial charge in [-0.3, -0.25) is 4.98 Å². The Labute approximate surface area is 64.1 Å². The summed E-state index contributed by atoms with van der Waals surface area (Å²) in [6.45, 7) is -0.162. The SMILES string of the molecule is Cl.OCc1cncc(F)c1. The fourth-order valence-corrected chi connectivity index (χ4v) is 0.542. The monoisotopic (exact) mass is 163 g/mol. The lowest BCUT2D eigenvalue weighted by atomic mass is 10.3. The van der Waals surface area contributed by atoms with E-state index in [9.17, 15) is 4.39 Å². The van der Waals surface area contributed by atoms with Crippen molar-refractivity contribution in [2.75, 3.05) is 0 Å². The molecule has 0 fully saturated rings. The molecular formula is C6H7ClFNO. The molecule has 4 heteroatoms. The van der Waals surface area contributed by atoms with Crippen molar-refractivity contribution in [1.82, 2.24) is 4.98 Å². The van der Waals surface area contributed by atoms with Crippen LogP contribution in [0.2, 0.25) is 0 Å². The number of hydrogen-bond donors (Lipinski definition) is 1. The molecule has 2 nitrogen and oxygen atoms in total. The number of rotatable bonds is 1. The summed E-state index contributed by atoms with van der Waals surface area (Å²) in [4.78, 5) is 3.52. The molecule has 0 bridgehead atoms. The van der Waals surface area contributed by atoms with Crippen LogP contribution in [0.25, 0.3) is 0 Å². The highest BCUT2D eigenvalue weighted by Gasteiger charge is 1.91. The fourth-order valence-electron chi connectivity index (χ4n) is 0.542. The van der Waals surface area contributed by atoms with Gasteiger partial charge in [-0.2, -0.15) is 0 Å². The number of aliphatic hydroxyl groups is 1. The van der Waals surface area contributed by atoms with Crippen LogP contribution in [-0.4, -0.2) is 10.1 Å². The third-order valence-electron chi connectivity index (χ3n) is 0.944. The van der Waals surface area contributed by atoms with Crippen molar-refractivity contribution >= 4 is 12.4 Å². The van der Waals surface area contributed by atoms with Gasteiger partial charge in [0.15, 0.2) is 0 Å². The molecule has 0 atom stereocenters. The highest BCUT2D eigenvalue weighted by Crippen LogP contribution is 1.98. The Kier molecular flexibility index (Phi) is 3.91. The van der Waals surface area contributed by atoms with E-state index in [1.54, 1.807) is 0 Å². The average molecular weight is 164 g/mol. The standard InChI is InChI=1S/C6H6FNO.ClH/c7-6-1-5(4-9)2-8-3-6;/h1-3,9H,4H2;1H. The van der Waals surface area contributed by atoms with Crippen molar-refractivity contribution in [3.63, 3.8) is 0 Å². The lowest BCUT2D eigenvalue weighted by Gasteiger charge is -1.91. The van der Waals surface area contributed by atoms with Gasteiger partial charge in [0.25, 0.3) is 0 Å². The molecule has 1 aromatic heterocycles. The Hall–Kier alpha value is -0.670. The Bertz CT molecular complexity index is 207. The maximum atomic E-state index is 12.2. The normalized spacial score (nSPS) is 8.60. The second-order valence-electron chi connectivity index (χ2n) is 1.67. The lowest BCUT2D eigenvalue weighted by Crippen LogP contribution is -1.85. The van der Waals surface area contributed by atoms with Crippen molar-refractivity contribution in [2.45, 2.75) is 6.61 Å². The van der Waals surface area contributed by atoms with Gasteiger partial charge in [-0.1, -0.05) is 0 Å². The molecule has 0 aliphatic rings. The van der Waals surface area contributed by atoms with Gasteiger partial charge < -0.3 is 5.11 Å². The minimum Gasteiger partial charge on any atom is -0.392 e. The van der Waals surface area contributed by atoms with E-state index in [4.69, 9.17) is 5.11 Å². The van der Waals surface area contributed by atoms with Crippen LogP contribution in [0, 0.1) is 5.82 Å². The first-order chi connectivity index (χ1) is 4.33. The highest BCUT2D eigenvalue weighted by molar-refractivity contribution is 5.85. The molecule has 1 heterocycles. The second kappa shape index (κ2) is 4.19. The van der Waals surface area contributed by atoms with E-state index >= 15 is 0 Å². The zero-order valence-corrected chi connectivity index (χ0v) is 5.94. The predicted octanol–water partition coefficient (Wildman–Crippen LogP) is 1.13. The van der Waals surface area contributed by atoms with Crippen LogP contribution in [0.4, 0.5) is 4.39 Å². The van der Waals surface area contributed by atoms with E-state index in [-0.39, 0.29) is 19.0 Å². The molecule has 0 aliphatic carbocycles. The largest absolute Gasteiger partial charge is 0.392 e. The zero-order valence-electron chi connectivity index (χ0n) is 5.12. The molecular weight excluding hydrogens is 157 g/mol. The lowest BCUT2D eigenvalue weighted by molar-refractivity contribution is 0.280. The van der Waals surface area contributed by atoms with Gasteiger partial charge in [-0.15, -0.1) is 12.4 Å². The predicted molar refractivity (Wildman–Crippen MR) is 37.4 cm³/mol. The molecule has 1 aromatic rings. The van der Waals surface area contributed by atoms with E-state index in [0.717, 1.165) is 6.20 Å². The third kappa shape index (κ3) is 2.29. The number of pyridine rings is 1. The Balaban J connectivity index is 0.000000810. The van der Waals surface area contributed by atoms with Crippen molar-refractivity contribution in [3.8, 4) is 0 Å². The summed E-state index contributed by atoms with van der Waals surface area (Å²) < 4.78 is 12.2. The van der Waals surface area contributed by atoms with Gasteiger partial charge in [0, 0.05) is 6.20 Å². The van der Waals surface area contributed by atoms with E-state index < -0.39 is 5.82 Å². The first-order valence-electron chi connectivity index (χ1n) is 2.53. The molecule has 0 saturated carbocycles. The van der Waals surface area contributed by atoms with Gasteiger partial charge >= 0.3 is 0 Å². The first-order valence-corrected chi connectivity index (χ1v) is 2.53. The number of aromatic nitrogens is 1. The summed E-state index contributed by atoms with van der Waals surface area (Å²) in [6.07, 6.45) is 2.52. The number of halogens is 2. The van der Waals surface area contributed by atoms with Crippen LogP contribution in [0.5, 0.6) is 0 Å². The molecule has 0 radical (unpaired) electrons. The van der Waals surface area contributed by atoms with Crippen LogP contribution < -0.4 is 0 Å². The second-order valence-corrected chi connectivity index (χ2v) is 1.67. The van der Waals surface area contributed by atoms with E-state index in [0.29, 0.717) is 5.56 Å². The van der Waals surface area contributed by atoms with E-state index in [2.05, 4.69) is 4.98 Å². The molecule has 0 aromatic carbocycles. The molecule has 0 amide bonds. The van der Waals surface area contributed by atoms with Crippen LogP contribution in [0.1, 0.15) is 5.56 Å². The van der Waals surface area contributed by atoms with E-state index in [1.165, 1.54) is 12.3 Å². The van der Waals surface area contributed by atoms with Crippen LogP contribution in [0.15, 0.2) is 18.5 Å². The fraction of sp³-hybridized carbons (Fsp3) is 0.167. The van der Waals surface area contributed by atoms with Gasteiger partial charge in [0.2, 0.25) is 0 Å². The summed E-state index contributed by atoms with van der Waals surface area (Å²) in [5.74, 6) is -0.415. The number of aliphatic hydroxyl groups excluding tert-OH is 1. The van der Waals surface area contributed by atoms with Crippen molar-refractivity contribution < 1.29 is 9.50 Å². The summed E-state index contributed by atoms with van der Waals surface area (Å²) in [5, 5.41) is 8.46. The zero-order chi connectivity index (χ0) is 6.69. The first kappa shape index (κ1) is 9.33. The molecule has 0 saturated heterocycles. The molecule has 56 valence electrons. The third-order valence-corrected chi connectivity index (χ3v) is 0.944. The molecule has 0 unspecified atom stereocenters. The molecule has 1 N–H and O–H groups in total. The summed E-state index contributed by atoms with van der Waals surface area (Å²) in [6, 6.07) is 1.24. The van der Waals surface area contributed by atoms with Crippen molar-refractivity contribution in [2.24, 2.45) is 0 Å². The topological polar surface area (TPSA) is 33.1 Å². The summed E-state index contributed by atoms with van der Waals surface area (Å²) in [5.41, 5.74) is 0.495. The van der Waals surface area contributed by atoms with Crippen molar-refractivity contribution in [3.05, 3.63) is 29.8 Å². The van der Waals surface area contributed by atoms with Gasteiger partial charge in [0.1, 0.15) is 5.82 Å². The van der Waals surface area contributed by atoms with Crippen molar-refractivity contribution in [1.29, 1.82) is 0 Å². The van der Waals surface area contributed by atoms with E-state index in [1.807, 2.05) is 0 Å². The summed E-state index contributed by atoms with van der Waals surface area (Å²) in [7, 11) is 0. The van der Waals surface area contributed by atoms with Crippen LogP contribution in [-0.2, 0) is 6.61 Å². The van der Waals surface area contributed by atoms with Gasteiger partial charge in [0.05, 0.1) is 12.8 Å². The molecule has 10 heavy (non-hydrogen) atoms. The Morgan fingerprint density at radius 1 is 1.50 bits per heavy atom. The summed E-state index contributed by atoms with van der Waals surface area (Å²) >= 11 is 0. The van der Waals surface area contributed by atoms with Crippen LogP contribution in [0.3, 0.4) is 0 Å². The highest BCUT2D eigenvalue weighted by atomic mass is 35.5. The maximum Gasteiger partial charge on any atom is 0.141 e.